The number of nitrogens with zero attached hydrogens (tertiary/aromatic N) is 1. The third kappa shape index (κ3) is 4.67. The SMILES string of the molecule is Cc1ccc([C@H]2C(C(=O)O)=CC[C@@H](c3cccc(Br)c3)N2S(=O)(=O)c2ccc(C)cc2)cc1. The molecule has 0 saturated carbocycles. The van der Waals surface area contributed by atoms with Crippen LogP contribution >= 0.6 is 15.9 Å². The molecule has 170 valence electrons. The Morgan fingerprint density at radius 1 is 0.939 bits per heavy atom. The fourth-order valence-electron chi connectivity index (χ4n) is 4.19. The molecule has 1 N–H and O–H groups in total. The largest absolute Gasteiger partial charge is 0.478 e. The molecule has 0 saturated heterocycles. The molecule has 0 aliphatic carbocycles. The summed E-state index contributed by atoms with van der Waals surface area (Å²) >= 11 is 3.48. The summed E-state index contributed by atoms with van der Waals surface area (Å²) in [5, 5.41) is 10.0. The number of aryl methyl sites for hydroxylation is 2. The van der Waals surface area contributed by atoms with Crippen molar-refractivity contribution in [3.8, 4) is 0 Å². The molecule has 2 atom stereocenters. The number of sulfonamides is 1. The minimum Gasteiger partial charge on any atom is -0.478 e. The summed E-state index contributed by atoms with van der Waals surface area (Å²) in [4.78, 5) is 12.4. The molecule has 1 aliphatic heterocycles. The van der Waals surface area contributed by atoms with E-state index in [9.17, 15) is 18.3 Å². The summed E-state index contributed by atoms with van der Waals surface area (Å²) in [6, 6.07) is 20.0. The third-order valence-electron chi connectivity index (χ3n) is 5.89. The Kier molecular flexibility index (Phi) is 6.56. The van der Waals surface area contributed by atoms with E-state index in [2.05, 4.69) is 15.9 Å². The zero-order chi connectivity index (χ0) is 23.8. The molecule has 33 heavy (non-hydrogen) atoms. The summed E-state index contributed by atoms with van der Waals surface area (Å²) in [6.07, 6.45) is 1.91. The Morgan fingerprint density at radius 2 is 1.55 bits per heavy atom. The quantitative estimate of drug-likeness (QED) is 0.446. The number of halogens is 1. The van der Waals surface area contributed by atoms with Gasteiger partial charge in [0.15, 0.2) is 0 Å². The van der Waals surface area contributed by atoms with Crippen molar-refractivity contribution in [2.45, 2.75) is 37.2 Å². The number of rotatable bonds is 5. The number of hydrogen-bond acceptors (Lipinski definition) is 3. The molecular formula is C26H24BrNO4S. The van der Waals surface area contributed by atoms with Gasteiger partial charge in [-0.05, 0) is 55.7 Å². The number of aliphatic carboxylic acids is 1. The smallest absolute Gasteiger partial charge is 0.333 e. The molecule has 7 heteroatoms. The average Bonchev–Trinajstić information content (AvgIpc) is 2.79. The molecular weight excluding hydrogens is 502 g/mol. The molecule has 0 fully saturated rings. The molecule has 4 rings (SSSR count). The zero-order valence-corrected chi connectivity index (χ0v) is 20.7. The van der Waals surface area contributed by atoms with Crippen molar-refractivity contribution in [3.05, 3.63) is 111 Å². The lowest BCUT2D eigenvalue weighted by molar-refractivity contribution is -0.133. The maximum absolute atomic E-state index is 14.1. The molecule has 3 aromatic rings. The topological polar surface area (TPSA) is 74.7 Å². The van der Waals surface area contributed by atoms with E-state index in [0.29, 0.717) is 5.56 Å². The number of hydrogen-bond donors (Lipinski definition) is 1. The summed E-state index contributed by atoms with van der Waals surface area (Å²) in [6.45, 7) is 3.83. The van der Waals surface area contributed by atoms with Gasteiger partial charge in [-0.25, -0.2) is 13.2 Å². The zero-order valence-electron chi connectivity index (χ0n) is 18.3. The van der Waals surface area contributed by atoms with E-state index in [0.717, 1.165) is 21.2 Å². The second-order valence-corrected chi connectivity index (χ2v) is 11.0. The lowest BCUT2D eigenvalue weighted by Crippen LogP contribution is -2.42. The van der Waals surface area contributed by atoms with E-state index in [1.54, 1.807) is 42.5 Å². The molecule has 3 aromatic carbocycles. The Morgan fingerprint density at radius 3 is 2.12 bits per heavy atom. The highest BCUT2D eigenvalue weighted by molar-refractivity contribution is 9.10. The van der Waals surface area contributed by atoms with Crippen LogP contribution in [0, 0.1) is 13.8 Å². The predicted octanol–water partition coefficient (Wildman–Crippen LogP) is 5.95. The first-order valence-electron chi connectivity index (χ1n) is 10.5. The highest BCUT2D eigenvalue weighted by Gasteiger charge is 2.44. The van der Waals surface area contributed by atoms with E-state index in [-0.39, 0.29) is 16.9 Å². The summed E-state index contributed by atoms with van der Waals surface area (Å²) < 4.78 is 30.4. The van der Waals surface area contributed by atoms with Crippen molar-refractivity contribution in [3.63, 3.8) is 0 Å². The highest BCUT2D eigenvalue weighted by Crippen LogP contribution is 2.46. The molecule has 0 bridgehead atoms. The molecule has 0 aromatic heterocycles. The van der Waals surface area contributed by atoms with Crippen LogP contribution in [0.15, 0.2) is 93.8 Å². The van der Waals surface area contributed by atoms with Gasteiger partial charge in [-0.3, -0.25) is 0 Å². The second-order valence-electron chi connectivity index (χ2n) is 8.23. The van der Waals surface area contributed by atoms with E-state index in [4.69, 9.17) is 0 Å². The lowest BCUT2D eigenvalue weighted by Gasteiger charge is -2.40. The van der Waals surface area contributed by atoms with Crippen LogP contribution in [0.1, 0.15) is 40.8 Å². The van der Waals surface area contributed by atoms with Crippen molar-refractivity contribution in [2.75, 3.05) is 0 Å². The fraction of sp³-hybridized carbons (Fsp3) is 0.192. The third-order valence-corrected chi connectivity index (χ3v) is 8.27. The minimum atomic E-state index is -4.05. The van der Waals surface area contributed by atoms with Gasteiger partial charge >= 0.3 is 5.97 Å². The molecule has 1 aliphatic rings. The maximum Gasteiger partial charge on any atom is 0.333 e. The standard InChI is InChI=1S/C26H24BrNO4S/c1-17-6-10-19(11-7-17)25-23(26(29)30)14-15-24(20-4-3-5-21(27)16-20)28(25)33(31,32)22-12-8-18(2)9-13-22/h3-14,16,24-25H,15H2,1-2H3,(H,29,30)/t24-,25-/m0/s1. The Bertz CT molecular complexity index is 1320. The highest BCUT2D eigenvalue weighted by atomic mass is 79.9. The minimum absolute atomic E-state index is 0.0563. The van der Waals surface area contributed by atoms with Crippen molar-refractivity contribution in [2.24, 2.45) is 0 Å². The van der Waals surface area contributed by atoms with Crippen LogP contribution in [-0.4, -0.2) is 23.8 Å². The van der Waals surface area contributed by atoms with Gasteiger partial charge in [0, 0.05) is 4.47 Å². The normalized spacial score (nSPS) is 19.2. The second kappa shape index (κ2) is 9.25. The fourth-order valence-corrected chi connectivity index (χ4v) is 6.38. The van der Waals surface area contributed by atoms with Crippen LogP contribution in [0.4, 0.5) is 0 Å². The van der Waals surface area contributed by atoms with Gasteiger partial charge in [-0.15, -0.1) is 0 Å². The number of carbonyl (C=O) groups is 1. The van der Waals surface area contributed by atoms with Gasteiger partial charge in [0.05, 0.1) is 22.6 Å². The molecule has 5 nitrogen and oxygen atoms in total. The molecule has 0 unspecified atom stereocenters. The number of carboxylic acid groups (broad SMARTS) is 1. The van der Waals surface area contributed by atoms with Crippen molar-refractivity contribution in [1.29, 1.82) is 0 Å². The van der Waals surface area contributed by atoms with Gasteiger partial charge in [0.2, 0.25) is 10.0 Å². The summed E-state index contributed by atoms with van der Waals surface area (Å²) in [7, 11) is -4.05. The average molecular weight is 526 g/mol. The van der Waals surface area contributed by atoms with E-state index < -0.39 is 28.1 Å². The molecule has 0 amide bonds. The van der Waals surface area contributed by atoms with Gasteiger partial charge in [-0.2, -0.15) is 4.31 Å². The first kappa shape index (κ1) is 23.4. The predicted molar refractivity (Wildman–Crippen MR) is 131 cm³/mol. The molecule has 0 radical (unpaired) electrons. The van der Waals surface area contributed by atoms with Crippen molar-refractivity contribution < 1.29 is 18.3 Å². The van der Waals surface area contributed by atoms with Crippen LogP contribution in [0.5, 0.6) is 0 Å². The van der Waals surface area contributed by atoms with Gasteiger partial charge in [0.25, 0.3) is 0 Å². The van der Waals surface area contributed by atoms with E-state index in [1.165, 1.54) is 4.31 Å². The number of carboxylic acids is 1. The Balaban J connectivity index is 1.97. The van der Waals surface area contributed by atoms with E-state index in [1.807, 2.05) is 50.2 Å². The van der Waals surface area contributed by atoms with Crippen LogP contribution in [0.3, 0.4) is 0 Å². The van der Waals surface area contributed by atoms with Crippen LogP contribution in [-0.2, 0) is 14.8 Å². The molecule has 1 heterocycles. The maximum atomic E-state index is 14.1. The van der Waals surface area contributed by atoms with E-state index >= 15 is 0 Å². The van der Waals surface area contributed by atoms with Gasteiger partial charge in [-0.1, -0.05) is 81.7 Å². The van der Waals surface area contributed by atoms with Gasteiger partial charge in [0.1, 0.15) is 0 Å². The van der Waals surface area contributed by atoms with Crippen LogP contribution < -0.4 is 0 Å². The Hall–Kier alpha value is -2.74. The summed E-state index contributed by atoms with van der Waals surface area (Å²) in [5.74, 6) is -1.13. The van der Waals surface area contributed by atoms with Crippen molar-refractivity contribution >= 4 is 31.9 Å². The van der Waals surface area contributed by atoms with Crippen LogP contribution in [0.2, 0.25) is 0 Å². The Labute approximate surface area is 202 Å². The molecule has 0 spiro atoms. The van der Waals surface area contributed by atoms with Crippen LogP contribution in [0.25, 0.3) is 0 Å². The lowest BCUT2D eigenvalue weighted by atomic mass is 9.89. The first-order valence-corrected chi connectivity index (χ1v) is 12.8. The summed E-state index contributed by atoms with van der Waals surface area (Å²) in [5.41, 5.74) is 3.41. The monoisotopic (exact) mass is 525 g/mol. The van der Waals surface area contributed by atoms with Crippen molar-refractivity contribution in [1.82, 2.24) is 4.31 Å². The first-order chi connectivity index (χ1) is 15.7. The number of benzene rings is 3. The van der Waals surface area contributed by atoms with Gasteiger partial charge < -0.3 is 5.11 Å².